The summed E-state index contributed by atoms with van der Waals surface area (Å²) in [6, 6.07) is 20.2. The number of hydrogen-bond acceptors (Lipinski definition) is 3. The van der Waals surface area contributed by atoms with Crippen molar-refractivity contribution in [2.75, 3.05) is 31.2 Å². The Labute approximate surface area is 219 Å². The van der Waals surface area contributed by atoms with E-state index >= 15 is 0 Å². The van der Waals surface area contributed by atoms with Gasteiger partial charge >= 0.3 is 0 Å². The molecule has 0 spiro atoms. The van der Waals surface area contributed by atoms with Gasteiger partial charge in [-0.3, -0.25) is 14.1 Å². The quantitative estimate of drug-likeness (QED) is 0.170. The highest BCUT2D eigenvalue weighted by molar-refractivity contribution is 6.67. The van der Waals surface area contributed by atoms with E-state index in [-0.39, 0.29) is 25.5 Å². The molecule has 1 atom stereocenters. The van der Waals surface area contributed by atoms with E-state index < -0.39 is 46.0 Å². The van der Waals surface area contributed by atoms with Crippen LogP contribution in [0.15, 0.2) is 66.7 Å². The van der Waals surface area contributed by atoms with Crippen LogP contribution in [0.1, 0.15) is 27.9 Å². The molecule has 0 saturated carbocycles. The van der Waals surface area contributed by atoms with E-state index in [1.807, 2.05) is 60.7 Å². The summed E-state index contributed by atoms with van der Waals surface area (Å²) in [6.45, 7) is 0.935. The Morgan fingerprint density at radius 3 is 2.00 bits per heavy atom. The molecule has 3 aromatic rings. The first-order chi connectivity index (χ1) is 16.8. The number of nitrogens with zero attached hydrogens (tertiary/aromatic N) is 2. The lowest BCUT2D eigenvalue weighted by Crippen LogP contribution is -2.41. The monoisotopic (exact) mass is 540 g/mol. The molecule has 0 bridgehead atoms. The topological polar surface area (TPSA) is 23.6 Å². The van der Waals surface area contributed by atoms with Gasteiger partial charge < -0.3 is 4.90 Å². The van der Waals surface area contributed by atoms with Crippen LogP contribution in [0.25, 0.3) is 0 Å². The molecule has 9 heteroatoms. The smallest absolute Gasteiger partial charge is 0.255 e. The summed E-state index contributed by atoms with van der Waals surface area (Å²) in [5, 5.41) is -1.29. The number of alkyl halides is 1. The minimum absolute atomic E-state index is 0. The van der Waals surface area contributed by atoms with Crippen LogP contribution in [0.3, 0.4) is 0 Å². The number of benzene rings is 3. The van der Waals surface area contributed by atoms with Crippen LogP contribution in [0, 0.1) is 22.9 Å². The summed E-state index contributed by atoms with van der Waals surface area (Å²) >= 11 is 5.24. The fourth-order valence-corrected chi connectivity index (χ4v) is 4.89. The van der Waals surface area contributed by atoms with Crippen molar-refractivity contribution in [3.05, 3.63) is 101 Å². The van der Waals surface area contributed by atoms with Gasteiger partial charge in [0.2, 0.25) is 0 Å². The number of carbonyl (C=O) groups excluding carboxylic acids is 1. The van der Waals surface area contributed by atoms with E-state index in [2.05, 4.69) is 4.90 Å². The molecule has 0 unspecified atom stereocenters. The maximum absolute atomic E-state index is 14.8. The molecule has 0 amide bonds. The van der Waals surface area contributed by atoms with Gasteiger partial charge in [0.15, 0.2) is 17.5 Å². The first-order valence-electron chi connectivity index (χ1n) is 11.3. The van der Waals surface area contributed by atoms with Gasteiger partial charge in [-0.25, -0.2) is 13.2 Å². The average molecular weight is 541 g/mol. The second-order valence-electron chi connectivity index (χ2n) is 9.08. The minimum atomic E-state index is -1.51. The van der Waals surface area contributed by atoms with Crippen LogP contribution < -0.4 is 4.90 Å². The lowest BCUT2D eigenvalue weighted by Gasteiger charge is -2.34. The summed E-state index contributed by atoms with van der Waals surface area (Å²) in [7, 11) is 0. The van der Waals surface area contributed by atoms with E-state index in [1.54, 1.807) is 0 Å². The molecular weight excluding hydrogens is 515 g/mol. The Hall–Kier alpha value is -2.61. The summed E-state index contributed by atoms with van der Waals surface area (Å²) in [5.41, 5.74) is -0.240. The highest BCUT2D eigenvalue weighted by Crippen LogP contribution is 2.39. The predicted molar refractivity (Wildman–Crippen MR) is 136 cm³/mol. The number of hydrogen-bond donors (Lipinski definition) is 0. The molecule has 1 aliphatic heterocycles. The van der Waals surface area contributed by atoms with E-state index in [9.17, 15) is 22.4 Å². The highest BCUT2D eigenvalue weighted by atomic mass is 35.5. The molecule has 1 aliphatic rings. The van der Waals surface area contributed by atoms with Crippen LogP contribution in [-0.2, 0) is 13.1 Å². The van der Waals surface area contributed by atoms with Gasteiger partial charge in [0.25, 0.3) is 5.24 Å². The Morgan fingerprint density at radius 1 is 0.944 bits per heavy atom. The molecule has 1 heterocycles. The summed E-state index contributed by atoms with van der Waals surface area (Å²) in [5.74, 6) is -4.10. The second kappa shape index (κ2) is 12.1. The molecule has 0 aromatic heterocycles. The SMILES string of the molecule is Cl.O=C(Cl)c1cc(F)c(N2CC[C@](CF)(CN(Cc3ccccc3)Cc3ccccc3)C2)c(F)c1F. The second-order valence-corrected chi connectivity index (χ2v) is 9.42. The zero-order valence-corrected chi connectivity index (χ0v) is 21.0. The minimum Gasteiger partial charge on any atom is -0.366 e. The van der Waals surface area contributed by atoms with Gasteiger partial charge in [-0.2, -0.15) is 0 Å². The van der Waals surface area contributed by atoms with Gasteiger partial charge in [0, 0.05) is 38.1 Å². The van der Waals surface area contributed by atoms with Crippen molar-refractivity contribution < 1.29 is 22.4 Å². The van der Waals surface area contributed by atoms with Crippen molar-refractivity contribution in [2.24, 2.45) is 5.41 Å². The van der Waals surface area contributed by atoms with Gasteiger partial charge in [-0.05, 0) is 35.2 Å². The van der Waals surface area contributed by atoms with Crippen molar-refractivity contribution in [2.45, 2.75) is 19.5 Å². The molecule has 192 valence electrons. The van der Waals surface area contributed by atoms with Crippen molar-refractivity contribution in [1.29, 1.82) is 0 Å². The van der Waals surface area contributed by atoms with Gasteiger partial charge in [-0.15, -0.1) is 12.4 Å². The summed E-state index contributed by atoms with van der Waals surface area (Å²) in [4.78, 5) is 14.7. The van der Waals surface area contributed by atoms with E-state index in [1.165, 1.54) is 4.90 Å². The molecule has 1 saturated heterocycles. The largest absolute Gasteiger partial charge is 0.366 e. The Bertz CT molecular complexity index is 1140. The lowest BCUT2D eigenvalue weighted by molar-refractivity contribution is 0.107. The molecule has 0 radical (unpaired) electrons. The zero-order valence-electron chi connectivity index (χ0n) is 19.4. The van der Waals surface area contributed by atoms with Crippen LogP contribution in [-0.4, -0.2) is 36.5 Å². The zero-order chi connectivity index (χ0) is 25.0. The third kappa shape index (κ3) is 6.20. The molecule has 4 rings (SSSR count). The fraction of sp³-hybridized carbons (Fsp3) is 0.296. The van der Waals surface area contributed by atoms with Crippen molar-refractivity contribution >= 4 is 34.9 Å². The third-order valence-electron chi connectivity index (χ3n) is 6.44. The van der Waals surface area contributed by atoms with Gasteiger partial charge in [-0.1, -0.05) is 60.7 Å². The molecule has 0 N–H and O–H groups in total. The molecule has 0 aliphatic carbocycles. The Kier molecular flexibility index (Phi) is 9.39. The first-order valence-corrected chi connectivity index (χ1v) is 11.7. The highest BCUT2D eigenvalue weighted by Gasteiger charge is 2.42. The van der Waals surface area contributed by atoms with Crippen molar-refractivity contribution in [3.63, 3.8) is 0 Å². The van der Waals surface area contributed by atoms with E-state index in [4.69, 9.17) is 11.6 Å². The Balaban J connectivity index is 0.00000361. The maximum atomic E-state index is 14.8. The summed E-state index contributed by atoms with van der Waals surface area (Å²) < 4.78 is 58.4. The van der Waals surface area contributed by atoms with Crippen LogP contribution in [0.2, 0.25) is 0 Å². The average Bonchev–Trinajstić information content (AvgIpc) is 3.26. The standard InChI is InChI=1S/C27H25ClF4N2O.ClH/c28-26(35)21-13-22(30)25(24(32)23(21)31)34-12-11-27(16-29,18-34)17-33(14-19-7-3-1-4-8-19)15-20-9-5-2-6-10-20;/h1-10,13H,11-12,14-18H2;1H/t27-;/m0./s1. The van der Waals surface area contributed by atoms with Gasteiger partial charge in [0.05, 0.1) is 12.2 Å². The lowest BCUT2D eigenvalue weighted by atomic mass is 9.87. The number of rotatable bonds is 9. The predicted octanol–water partition coefficient (Wildman–Crippen LogP) is 6.77. The van der Waals surface area contributed by atoms with Crippen molar-refractivity contribution in [1.82, 2.24) is 4.90 Å². The van der Waals surface area contributed by atoms with Gasteiger partial charge in [0.1, 0.15) is 5.69 Å². The number of carbonyl (C=O) groups is 1. The molecule has 36 heavy (non-hydrogen) atoms. The first kappa shape index (κ1) is 28.0. The van der Waals surface area contributed by atoms with Crippen LogP contribution in [0.5, 0.6) is 0 Å². The third-order valence-corrected chi connectivity index (χ3v) is 6.64. The fourth-order valence-electron chi connectivity index (χ4n) is 4.75. The molecule has 3 aromatic carbocycles. The molecule has 3 nitrogen and oxygen atoms in total. The van der Waals surface area contributed by atoms with E-state index in [0.29, 0.717) is 32.1 Å². The summed E-state index contributed by atoms with van der Waals surface area (Å²) in [6.07, 6.45) is 0.334. The van der Waals surface area contributed by atoms with Crippen LogP contribution in [0.4, 0.5) is 23.2 Å². The number of halogens is 6. The maximum Gasteiger partial charge on any atom is 0.255 e. The number of anilines is 1. The van der Waals surface area contributed by atoms with Crippen LogP contribution >= 0.6 is 24.0 Å². The Morgan fingerprint density at radius 2 is 1.50 bits per heavy atom. The normalized spacial score (nSPS) is 17.3. The molecular formula is C27H26Cl2F4N2O. The van der Waals surface area contributed by atoms with Crippen molar-refractivity contribution in [3.8, 4) is 0 Å². The molecule has 1 fully saturated rings. The van der Waals surface area contributed by atoms with E-state index in [0.717, 1.165) is 11.1 Å².